The SMILES string of the molecule is N#CC1(c2nc(Cc3ccc(-n4ccnc4)cc3)no2)CCCCC1. The second kappa shape index (κ2) is 6.52. The van der Waals surface area contributed by atoms with Gasteiger partial charge < -0.3 is 9.09 Å². The third-order valence-corrected chi connectivity index (χ3v) is 4.90. The molecule has 1 aliphatic carbocycles. The van der Waals surface area contributed by atoms with Crippen molar-refractivity contribution in [1.82, 2.24) is 19.7 Å². The molecular formula is C19H19N5O. The van der Waals surface area contributed by atoms with Crippen molar-refractivity contribution in [1.29, 1.82) is 5.26 Å². The Bertz CT molecular complexity index is 867. The topological polar surface area (TPSA) is 80.5 Å². The van der Waals surface area contributed by atoms with Crippen LogP contribution in [0.15, 0.2) is 47.5 Å². The molecule has 1 saturated carbocycles. The Hall–Kier alpha value is -2.94. The predicted octanol–water partition coefficient (Wildman–Crippen LogP) is 3.57. The maximum Gasteiger partial charge on any atom is 0.247 e. The fourth-order valence-corrected chi connectivity index (χ4v) is 3.43. The molecule has 0 radical (unpaired) electrons. The summed E-state index contributed by atoms with van der Waals surface area (Å²) in [6, 6.07) is 10.6. The molecule has 0 aliphatic heterocycles. The lowest BCUT2D eigenvalue weighted by atomic mass is 9.75. The molecule has 0 atom stereocenters. The minimum Gasteiger partial charge on any atom is -0.338 e. The monoisotopic (exact) mass is 333 g/mol. The fraction of sp³-hybridized carbons (Fsp3) is 0.368. The Morgan fingerprint density at radius 1 is 1.16 bits per heavy atom. The summed E-state index contributed by atoms with van der Waals surface area (Å²) in [6.45, 7) is 0. The van der Waals surface area contributed by atoms with E-state index in [4.69, 9.17) is 4.52 Å². The molecule has 1 aliphatic rings. The van der Waals surface area contributed by atoms with Gasteiger partial charge in [0.15, 0.2) is 5.82 Å². The van der Waals surface area contributed by atoms with E-state index in [0.29, 0.717) is 18.1 Å². The average molecular weight is 333 g/mol. The van der Waals surface area contributed by atoms with Gasteiger partial charge in [0.2, 0.25) is 5.89 Å². The number of nitrogens with zero attached hydrogens (tertiary/aromatic N) is 5. The Balaban J connectivity index is 1.50. The van der Waals surface area contributed by atoms with Crippen LogP contribution in [0.2, 0.25) is 0 Å². The molecule has 1 fully saturated rings. The van der Waals surface area contributed by atoms with Gasteiger partial charge in [-0.25, -0.2) is 4.98 Å². The van der Waals surface area contributed by atoms with Gasteiger partial charge in [-0.3, -0.25) is 0 Å². The molecule has 4 rings (SSSR count). The van der Waals surface area contributed by atoms with E-state index < -0.39 is 5.41 Å². The highest BCUT2D eigenvalue weighted by Gasteiger charge is 2.39. The fourth-order valence-electron chi connectivity index (χ4n) is 3.43. The first-order chi connectivity index (χ1) is 12.3. The van der Waals surface area contributed by atoms with Crippen LogP contribution in [0.1, 0.15) is 49.4 Å². The quantitative estimate of drug-likeness (QED) is 0.729. The summed E-state index contributed by atoms with van der Waals surface area (Å²) < 4.78 is 7.41. The lowest BCUT2D eigenvalue weighted by Gasteiger charge is -2.26. The first-order valence-corrected chi connectivity index (χ1v) is 8.61. The molecule has 0 amide bonds. The van der Waals surface area contributed by atoms with Crippen molar-refractivity contribution in [3.05, 3.63) is 60.3 Å². The highest BCUT2D eigenvalue weighted by molar-refractivity contribution is 5.35. The van der Waals surface area contributed by atoms with Crippen LogP contribution >= 0.6 is 0 Å². The first kappa shape index (κ1) is 15.6. The molecule has 126 valence electrons. The molecule has 3 aromatic rings. The highest BCUT2D eigenvalue weighted by atomic mass is 16.5. The maximum atomic E-state index is 9.63. The number of nitriles is 1. The number of hydrogen-bond donors (Lipinski definition) is 0. The molecular weight excluding hydrogens is 314 g/mol. The molecule has 25 heavy (non-hydrogen) atoms. The van der Waals surface area contributed by atoms with Crippen molar-refractivity contribution in [2.24, 2.45) is 0 Å². The summed E-state index contributed by atoms with van der Waals surface area (Å²) in [5, 5.41) is 13.7. The van der Waals surface area contributed by atoms with Gasteiger partial charge in [0.1, 0.15) is 5.41 Å². The van der Waals surface area contributed by atoms with Crippen LogP contribution in [0, 0.1) is 11.3 Å². The number of imidazole rings is 1. The number of hydrogen-bond acceptors (Lipinski definition) is 5. The number of aromatic nitrogens is 4. The van der Waals surface area contributed by atoms with Gasteiger partial charge in [0, 0.05) is 24.5 Å². The largest absolute Gasteiger partial charge is 0.338 e. The van der Waals surface area contributed by atoms with E-state index in [-0.39, 0.29) is 0 Å². The smallest absolute Gasteiger partial charge is 0.247 e. The summed E-state index contributed by atoms with van der Waals surface area (Å²) in [5.74, 6) is 1.12. The zero-order chi connectivity index (χ0) is 17.1. The molecule has 1 aromatic carbocycles. The van der Waals surface area contributed by atoms with Gasteiger partial charge in [-0.2, -0.15) is 10.2 Å². The van der Waals surface area contributed by atoms with Crippen LogP contribution in [-0.4, -0.2) is 19.7 Å². The van der Waals surface area contributed by atoms with E-state index in [1.54, 1.807) is 12.5 Å². The van der Waals surface area contributed by atoms with Gasteiger partial charge in [0.05, 0.1) is 12.4 Å². The second-order valence-electron chi connectivity index (χ2n) is 6.58. The van der Waals surface area contributed by atoms with E-state index in [1.807, 2.05) is 35.0 Å². The number of rotatable bonds is 4. The first-order valence-electron chi connectivity index (χ1n) is 8.61. The van der Waals surface area contributed by atoms with Gasteiger partial charge in [-0.15, -0.1) is 0 Å². The van der Waals surface area contributed by atoms with Crippen LogP contribution in [0.3, 0.4) is 0 Å². The molecule has 6 heteroatoms. The van der Waals surface area contributed by atoms with Crippen molar-refractivity contribution in [3.8, 4) is 11.8 Å². The summed E-state index contributed by atoms with van der Waals surface area (Å²) in [5.41, 5.74) is 1.57. The van der Waals surface area contributed by atoms with Crippen molar-refractivity contribution in [3.63, 3.8) is 0 Å². The molecule has 0 saturated heterocycles. The van der Waals surface area contributed by atoms with Crippen LogP contribution in [0.25, 0.3) is 5.69 Å². The molecule has 0 spiro atoms. The van der Waals surface area contributed by atoms with Crippen LogP contribution in [0.5, 0.6) is 0 Å². The molecule has 0 unspecified atom stereocenters. The normalized spacial score (nSPS) is 16.4. The third kappa shape index (κ3) is 3.05. The van der Waals surface area contributed by atoms with E-state index >= 15 is 0 Å². The molecule has 0 N–H and O–H groups in total. The van der Waals surface area contributed by atoms with E-state index in [9.17, 15) is 5.26 Å². The molecule has 6 nitrogen and oxygen atoms in total. The molecule has 2 aromatic heterocycles. The number of benzene rings is 1. The van der Waals surface area contributed by atoms with E-state index in [2.05, 4.69) is 21.2 Å². The van der Waals surface area contributed by atoms with Gasteiger partial charge in [0.25, 0.3) is 0 Å². The van der Waals surface area contributed by atoms with Crippen LogP contribution < -0.4 is 0 Å². The Labute approximate surface area is 146 Å². The van der Waals surface area contributed by atoms with Gasteiger partial charge in [-0.05, 0) is 30.5 Å². The zero-order valence-electron chi connectivity index (χ0n) is 13.9. The van der Waals surface area contributed by atoms with Crippen molar-refractivity contribution < 1.29 is 4.52 Å². The third-order valence-electron chi connectivity index (χ3n) is 4.90. The average Bonchev–Trinajstić information content (AvgIpc) is 3.35. The van der Waals surface area contributed by atoms with Crippen molar-refractivity contribution >= 4 is 0 Å². The second-order valence-corrected chi connectivity index (χ2v) is 6.58. The highest BCUT2D eigenvalue weighted by Crippen LogP contribution is 2.38. The molecule has 2 heterocycles. The Kier molecular flexibility index (Phi) is 4.06. The maximum absolute atomic E-state index is 9.63. The van der Waals surface area contributed by atoms with Crippen LogP contribution in [0.4, 0.5) is 0 Å². The summed E-state index contributed by atoms with van der Waals surface area (Å²) in [4.78, 5) is 8.58. The van der Waals surface area contributed by atoms with Gasteiger partial charge >= 0.3 is 0 Å². The minimum absolute atomic E-state index is 0.486. The summed E-state index contributed by atoms with van der Waals surface area (Å²) in [7, 11) is 0. The zero-order valence-corrected chi connectivity index (χ0v) is 13.9. The Morgan fingerprint density at radius 2 is 1.96 bits per heavy atom. The van der Waals surface area contributed by atoms with E-state index in [1.165, 1.54) is 6.42 Å². The van der Waals surface area contributed by atoms with Crippen molar-refractivity contribution in [2.45, 2.75) is 43.9 Å². The Morgan fingerprint density at radius 3 is 2.64 bits per heavy atom. The standard InChI is InChI=1S/C19H19N5O/c20-13-19(8-2-1-3-9-19)18-22-17(23-25-18)12-15-4-6-16(7-5-15)24-11-10-21-14-24/h4-7,10-11,14H,1-3,8-9,12H2. The van der Waals surface area contributed by atoms with Crippen molar-refractivity contribution in [2.75, 3.05) is 0 Å². The van der Waals surface area contributed by atoms with E-state index in [0.717, 1.165) is 36.9 Å². The molecule has 0 bridgehead atoms. The summed E-state index contributed by atoms with van der Waals surface area (Å²) >= 11 is 0. The van der Waals surface area contributed by atoms with Crippen LogP contribution in [-0.2, 0) is 11.8 Å². The predicted molar refractivity (Wildman–Crippen MR) is 91.0 cm³/mol. The lowest BCUT2D eigenvalue weighted by molar-refractivity contribution is 0.264. The van der Waals surface area contributed by atoms with Gasteiger partial charge in [-0.1, -0.05) is 36.6 Å². The lowest BCUT2D eigenvalue weighted by Crippen LogP contribution is -2.27. The summed E-state index contributed by atoms with van der Waals surface area (Å²) in [6.07, 6.45) is 10.9. The minimum atomic E-state index is -0.589.